The standard InChI is InChI=1S/C52H73NO/c1-34(25-37(48(5,6)7)22-23-47(2,3)4)42-32-43(35-26-38(49(8,9)10)30-39(27-35)50(11,12)13)44(33-45(42)53-24-20-21-46(53)54)36-28-40(51(14,15)16)31-41(29-36)52(17,18)19/h22-23,25-33H,1,20-21,24H2,2-19H3/b23-22+,37-25+. The molecule has 0 radical (unpaired) electrons. The average molecular weight is 728 g/mol. The summed E-state index contributed by atoms with van der Waals surface area (Å²) in [7, 11) is 0. The molecule has 0 saturated carbocycles. The van der Waals surface area contributed by atoms with Crippen molar-refractivity contribution in [2.45, 2.75) is 159 Å². The molecule has 2 heteroatoms. The Morgan fingerprint density at radius 2 is 1.00 bits per heavy atom. The van der Waals surface area contributed by atoms with Crippen molar-refractivity contribution in [2.24, 2.45) is 10.8 Å². The van der Waals surface area contributed by atoms with Crippen LogP contribution in [-0.4, -0.2) is 12.5 Å². The maximum atomic E-state index is 13.7. The fraction of sp³-hybridized carbons (Fsp3) is 0.519. The van der Waals surface area contributed by atoms with Gasteiger partial charge in [0.05, 0.1) is 5.69 Å². The molecule has 0 spiro atoms. The first-order valence-corrected chi connectivity index (χ1v) is 20.3. The van der Waals surface area contributed by atoms with Crippen molar-refractivity contribution < 1.29 is 4.79 Å². The zero-order valence-electron chi connectivity index (χ0n) is 37.5. The highest BCUT2D eigenvalue weighted by molar-refractivity contribution is 6.02. The summed E-state index contributed by atoms with van der Waals surface area (Å²) in [4.78, 5) is 15.7. The minimum Gasteiger partial charge on any atom is -0.312 e. The van der Waals surface area contributed by atoms with Crippen LogP contribution in [0.2, 0.25) is 0 Å². The summed E-state index contributed by atoms with van der Waals surface area (Å²) in [6.07, 6.45) is 8.24. The molecule has 292 valence electrons. The molecule has 54 heavy (non-hydrogen) atoms. The molecule has 1 amide bonds. The van der Waals surface area contributed by atoms with E-state index in [-0.39, 0.29) is 38.4 Å². The highest BCUT2D eigenvalue weighted by atomic mass is 16.2. The van der Waals surface area contributed by atoms with Crippen molar-refractivity contribution >= 4 is 17.2 Å². The van der Waals surface area contributed by atoms with Crippen LogP contribution in [0.4, 0.5) is 5.69 Å². The van der Waals surface area contributed by atoms with Gasteiger partial charge in [-0.1, -0.05) is 186 Å². The number of allylic oxidation sites excluding steroid dienone is 5. The van der Waals surface area contributed by atoms with Crippen molar-refractivity contribution in [3.05, 3.63) is 107 Å². The van der Waals surface area contributed by atoms with E-state index in [1.165, 1.54) is 44.5 Å². The zero-order chi connectivity index (χ0) is 41.0. The lowest BCUT2D eigenvalue weighted by molar-refractivity contribution is -0.117. The van der Waals surface area contributed by atoms with Gasteiger partial charge in [0.25, 0.3) is 0 Å². The number of carbonyl (C=O) groups excluding carboxylic acids is 1. The Bertz CT molecular complexity index is 1890. The van der Waals surface area contributed by atoms with Crippen LogP contribution in [0.1, 0.15) is 165 Å². The highest BCUT2D eigenvalue weighted by Gasteiger charge is 2.29. The first kappa shape index (κ1) is 43.1. The molecule has 0 atom stereocenters. The summed E-state index contributed by atoms with van der Waals surface area (Å²) in [5.41, 5.74) is 13.8. The predicted molar refractivity (Wildman–Crippen MR) is 239 cm³/mol. The van der Waals surface area contributed by atoms with E-state index in [1.807, 2.05) is 4.90 Å². The number of nitrogens with zero attached hydrogens (tertiary/aromatic N) is 1. The molecule has 4 rings (SSSR count). The number of anilines is 1. The quantitative estimate of drug-likeness (QED) is 0.232. The summed E-state index contributed by atoms with van der Waals surface area (Å²) in [6, 6.07) is 19.1. The van der Waals surface area contributed by atoms with E-state index in [2.05, 4.69) is 191 Å². The van der Waals surface area contributed by atoms with Crippen LogP contribution in [0.3, 0.4) is 0 Å². The van der Waals surface area contributed by atoms with E-state index in [1.54, 1.807) is 0 Å². The molecule has 3 aromatic carbocycles. The molecule has 1 heterocycles. The Kier molecular flexibility index (Phi) is 11.8. The van der Waals surface area contributed by atoms with E-state index < -0.39 is 0 Å². The summed E-state index contributed by atoms with van der Waals surface area (Å²) in [5, 5.41) is 0. The van der Waals surface area contributed by atoms with Crippen LogP contribution < -0.4 is 4.90 Å². The lowest BCUT2D eigenvalue weighted by Gasteiger charge is -2.29. The average Bonchev–Trinajstić information content (AvgIpc) is 3.44. The van der Waals surface area contributed by atoms with E-state index in [0.29, 0.717) is 13.0 Å². The molecule has 0 bridgehead atoms. The van der Waals surface area contributed by atoms with Crippen LogP contribution >= 0.6 is 0 Å². The SMILES string of the molecule is C=C(/C=C(\C=C\C(C)(C)C)C(C)(C)C)c1cc(-c2cc(C(C)(C)C)cc(C(C)(C)C)c2)c(-c2cc(C(C)(C)C)cc(C(C)(C)C)c2)cc1N1CCCC1=O. The van der Waals surface area contributed by atoms with Gasteiger partial charge in [0.1, 0.15) is 0 Å². The van der Waals surface area contributed by atoms with Crippen LogP contribution in [-0.2, 0) is 26.5 Å². The molecule has 3 aromatic rings. The minimum absolute atomic E-state index is 0.0419. The van der Waals surface area contributed by atoms with Gasteiger partial charge in [-0.15, -0.1) is 0 Å². The molecule has 0 unspecified atom stereocenters. The third-order valence-electron chi connectivity index (χ3n) is 10.8. The van der Waals surface area contributed by atoms with Gasteiger partial charge in [0, 0.05) is 18.5 Å². The van der Waals surface area contributed by atoms with Crippen LogP contribution in [0.25, 0.3) is 27.8 Å². The number of carbonyl (C=O) groups is 1. The molecule has 0 aliphatic carbocycles. The Morgan fingerprint density at radius 3 is 1.33 bits per heavy atom. The minimum atomic E-state index is -0.101. The lowest BCUT2D eigenvalue weighted by Crippen LogP contribution is -2.25. The number of rotatable bonds is 6. The number of hydrogen-bond donors (Lipinski definition) is 0. The Balaban J connectivity index is 2.24. The fourth-order valence-electron chi connectivity index (χ4n) is 6.87. The van der Waals surface area contributed by atoms with Gasteiger partial charge in [-0.3, -0.25) is 4.79 Å². The van der Waals surface area contributed by atoms with Crippen molar-refractivity contribution in [2.75, 3.05) is 11.4 Å². The molecule has 0 N–H and O–H groups in total. The predicted octanol–water partition coefficient (Wildman–Crippen LogP) is 14.9. The van der Waals surface area contributed by atoms with E-state index in [0.717, 1.165) is 28.8 Å². The van der Waals surface area contributed by atoms with Gasteiger partial charge < -0.3 is 4.90 Å². The van der Waals surface area contributed by atoms with Gasteiger partial charge in [-0.2, -0.15) is 0 Å². The maximum absolute atomic E-state index is 13.7. The largest absolute Gasteiger partial charge is 0.312 e. The molecular formula is C52H73NO. The zero-order valence-corrected chi connectivity index (χ0v) is 37.5. The third kappa shape index (κ3) is 10.3. The van der Waals surface area contributed by atoms with Gasteiger partial charge in [-0.05, 0) is 107 Å². The summed E-state index contributed by atoms with van der Waals surface area (Å²) in [6.45, 7) is 46.6. The van der Waals surface area contributed by atoms with Crippen LogP contribution in [0.15, 0.2) is 78.9 Å². The van der Waals surface area contributed by atoms with Gasteiger partial charge in [-0.25, -0.2) is 0 Å². The molecule has 2 nitrogen and oxygen atoms in total. The summed E-state index contributed by atoms with van der Waals surface area (Å²) < 4.78 is 0. The highest BCUT2D eigenvalue weighted by Crippen LogP contribution is 2.46. The van der Waals surface area contributed by atoms with E-state index in [9.17, 15) is 4.79 Å². The number of benzene rings is 3. The lowest BCUT2D eigenvalue weighted by atomic mass is 9.76. The van der Waals surface area contributed by atoms with Crippen molar-refractivity contribution in [1.29, 1.82) is 0 Å². The second kappa shape index (κ2) is 14.8. The van der Waals surface area contributed by atoms with Crippen LogP contribution in [0.5, 0.6) is 0 Å². The summed E-state index contributed by atoms with van der Waals surface area (Å²) >= 11 is 0. The topological polar surface area (TPSA) is 20.3 Å². The first-order chi connectivity index (χ1) is 24.4. The second-order valence-corrected chi connectivity index (χ2v) is 22.2. The summed E-state index contributed by atoms with van der Waals surface area (Å²) in [5.74, 6) is 0.180. The molecule has 1 fully saturated rings. The van der Waals surface area contributed by atoms with E-state index >= 15 is 0 Å². The van der Waals surface area contributed by atoms with Crippen molar-refractivity contribution in [3.8, 4) is 22.3 Å². The van der Waals surface area contributed by atoms with Gasteiger partial charge >= 0.3 is 0 Å². The normalized spacial score (nSPS) is 15.5. The van der Waals surface area contributed by atoms with Gasteiger partial charge in [0.15, 0.2) is 0 Å². The molecule has 1 aliphatic rings. The molecule has 1 saturated heterocycles. The fourth-order valence-corrected chi connectivity index (χ4v) is 6.87. The molecular weight excluding hydrogens is 655 g/mol. The van der Waals surface area contributed by atoms with E-state index in [4.69, 9.17) is 6.58 Å². The van der Waals surface area contributed by atoms with Crippen molar-refractivity contribution in [1.82, 2.24) is 0 Å². The maximum Gasteiger partial charge on any atom is 0.227 e. The Hall–Kier alpha value is -3.65. The molecule has 0 aromatic heterocycles. The van der Waals surface area contributed by atoms with Gasteiger partial charge in [0.2, 0.25) is 5.91 Å². The smallest absolute Gasteiger partial charge is 0.227 e. The van der Waals surface area contributed by atoms with Crippen molar-refractivity contribution in [3.63, 3.8) is 0 Å². The first-order valence-electron chi connectivity index (χ1n) is 20.3. The third-order valence-corrected chi connectivity index (χ3v) is 10.8. The Morgan fingerprint density at radius 1 is 0.593 bits per heavy atom. The molecule has 1 aliphatic heterocycles. The second-order valence-electron chi connectivity index (χ2n) is 22.2. The Labute approximate surface area is 331 Å². The number of amides is 1. The number of hydrogen-bond acceptors (Lipinski definition) is 1. The monoisotopic (exact) mass is 728 g/mol. The van der Waals surface area contributed by atoms with Crippen LogP contribution in [0, 0.1) is 10.8 Å².